The van der Waals surface area contributed by atoms with E-state index in [2.05, 4.69) is 15.1 Å². The predicted molar refractivity (Wildman–Crippen MR) is 113 cm³/mol. The molecular formula is C22H17ClF3N5O2. The van der Waals surface area contributed by atoms with E-state index in [-0.39, 0.29) is 40.0 Å². The molecule has 3 aromatic heterocycles. The summed E-state index contributed by atoms with van der Waals surface area (Å²) in [5.41, 5.74) is 7.63. The highest BCUT2D eigenvalue weighted by molar-refractivity contribution is 6.33. The Hall–Kier alpha value is -3.40. The number of aryl methyl sites for hydroxylation is 1. The molecule has 170 valence electrons. The summed E-state index contributed by atoms with van der Waals surface area (Å²) in [7, 11) is 0. The molecule has 2 N–H and O–H groups in total. The molecule has 7 nitrogen and oxygen atoms in total. The van der Waals surface area contributed by atoms with E-state index >= 15 is 0 Å². The number of aromatic nitrogens is 4. The smallest absolute Gasteiger partial charge is 0.369 e. The number of fused-ring (bicyclic) bond motifs is 1. The van der Waals surface area contributed by atoms with Crippen LogP contribution >= 0.6 is 11.6 Å². The molecule has 1 fully saturated rings. The zero-order valence-electron chi connectivity index (χ0n) is 17.2. The van der Waals surface area contributed by atoms with Gasteiger partial charge < -0.3 is 14.7 Å². The number of primary amides is 1. The van der Waals surface area contributed by atoms with Gasteiger partial charge in [0.1, 0.15) is 5.69 Å². The van der Waals surface area contributed by atoms with Crippen molar-refractivity contribution in [2.75, 3.05) is 0 Å². The van der Waals surface area contributed by atoms with Crippen molar-refractivity contribution in [3.8, 4) is 23.0 Å². The second-order valence-corrected chi connectivity index (χ2v) is 8.38. The minimum absolute atomic E-state index is 0.0560. The van der Waals surface area contributed by atoms with Crippen molar-refractivity contribution in [1.82, 2.24) is 19.5 Å². The first-order valence-corrected chi connectivity index (χ1v) is 10.6. The monoisotopic (exact) mass is 475 g/mol. The maximum atomic E-state index is 13.1. The molecule has 0 aliphatic heterocycles. The number of nitrogens with zero attached hydrogens (tertiary/aromatic N) is 4. The van der Waals surface area contributed by atoms with Crippen LogP contribution in [0.25, 0.3) is 28.6 Å². The molecule has 1 aromatic carbocycles. The highest BCUT2D eigenvalue weighted by atomic mass is 35.5. The van der Waals surface area contributed by atoms with Gasteiger partial charge in [-0.15, -0.1) is 0 Å². The van der Waals surface area contributed by atoms with E-state index in [4.69, 9.17) is 21.9 Å². The van der Waals surface area contributed by atoms with Crippen molar-refractivity contribution in [2.45, 2.75) is 31.9 Å². The van der Waals surface area contributed by atoms with Crippen LogP contribution in [-0.2, 0) is 17.4 Å². The number of halogens is 4. The minimum Gasteiger partial charge on any atom is -0.369 e. The highest BCUT2D eigenvalue weighted by Crippen LogP contribution is 2.48. The van der Waals surface area contributed by atoms with Crippen LogP contribution in [0.3, 0.4) is 0 Å². The predicted octanol–water partition coefficient (Wildman–Crippen LogP) is 4.87. The summed E-state index contributed by atoms with van der Waals surface area (Å²) in [5.74, 6) is 0.0964. The van der Waals surface area contributed by atoms with Crippen molar-refractivity contribution < 1.29 is 22.5 Å². The molecule has 1 saturated carbocycles. The Morgan fingerprint density at radius 1 is 1.27 bits per heavy atom. The van der Waals surface area contributed by atoms with Crippen LogP contribution in [0.1, 0.15) is 36.0 Å². The fraction of sp³-hybridized carbons (Fsp3) is 0.273. The zero-order valence-corrected chi connectivity index (χ0v) is 18.0. The van der Waals surface area contributed by atoms with E-state index in [0.29, 0.717) is 12.2 Å². The molecule has 0 bridgehead atoms. The maximum absolute atomic E-state index is 13.1. The van der Waals surface area contributed by atoms with Crippen LogP contribution in [0.4, 0.5) is 13.2 Å². The molecule has 5 rings (SSSR count). The average Bonchev–Trinajstić information content (AvgIpc) is 3.22. The number of hydrogen-bond donors (Lipinski definition) is 1. The lowest BCUT2D eigenvalue weighted by Gasteiger charge is -2.07. The molecule has 4 aromatic rings. The SMILES string of the molecule is CCc1cc(C2CC2C(N)=O)ccc1-c1noc(-c2cn3cc(C(F)(F)F)cc(Cl)c3n2)n1. The van der Waals surface area contributed by atoms with Crippen molar-refractivity contribution >= 4 is 23.2 Å². The summed E-state index contributed by atoms with van der Waals surface area (Å²) in [4.78, 5) is 20.0. The minimum atomic E-state index is -4.54. The van der Waals surface area contributed by atoms with E-state index in [0.717, 1.165) is 35.4 Å². The van der Waals surface area contributed by atoms with Crippen LogP contribution < -0.4 is 5.73 Å². The Morgan fingerprint density at radius 2 is 2.06 bits per heavy atom. The Morgan fingerprint density at radius 3 is 2.73 bits per heavy atom. The lowest BCUT2D eigenvalue weighted by molar-refractivity contribution is -0.137. The van der Waals surface area contributed by atoms with Gasteiger partial charge in [0, 0.05) is 23.9 Å². The van der Waals surface area contributed by atoms with Crippen molar-refractivity contribution in [3.05, 3.63) is 58.4 Å². The van der Waals surface area contributed by atoms with Gasteiger partial charge in [0.2, 0.25) is 11.7 Å². The number of pyridine rings is 1. The van der Waals surface area contributed by atoms with Crippen LogP contribution in [0, 0.1) is 5.92 Å². The summed E-state index contributed by atoms with van der Waals surface area (Å²) >= 11 is 6.01. The molecule has 1 aliphatic rings. The summed E-state index contributed by atoms with van der Waals surface area (Å²) in [5, 5.41) is 3.89. The summed E-state index contributed by atoms with van der Waals surface area (Å²) in [6, 6.07) is 6.63. The fourth-order valence-corrected chi connectivity index (χ4v) is 4.24. The molecule has 0 saturated heterocycles. The number of amides is 1. The number of alkyl halides is 3. The molecule has 2 unspecified atom stereocenters. The maximum Gasteiger partial charge on any atom is 0.417 e. The summed E-state index contributed by atoms with van der Waals surface area (Å²) in [6.07, 6.45) is -0.836. The van der Waals surface area contributed by atoms with Gasteiger partial charge in [-0.05, 0) is 36.0 Å². The average molecular weight is 476 g/mol. The van der Waals surface area contributed by atoms with E-state index < -0.39 is 11.7 Å². The molecule has 1 amide bonds. The second-order valence-electron chi connectivity index (χ2n) is 7.98. The van der Waals surface area contributed by atoms with Gasteiger partial charge in [0.15, 0.2) is 5.65 Å². The van der Waals surface area contributed by atoms with Gasteiger partial charge in [0.25, 0.3) is 5.89 Å². The van der Waals surface area contributed by atoms with Crippen molar-refractivity contribution in [2.24, 2.45) is 11.7 Å². The van der Waals surface area contributed by atoms with Gasteiger partial charge in [-0.1, -0.05) is 41.9 Å². The Bertz CT molecular complexity index is 1390. The van der Waals surface area contributed by atoms with Crippen molar-refractivity contribution in [3.63, 3.8) is 0 Å². The second kappa shape index (κ2) is 7.58. The van der Waals surface area contributed by atoms with Crippen LogP contribution in [0.15, 0.2) is 41.2 Å². The molecule has 11 heteroatoms. The number of imidazole rings is 1. The topological polar surface area (TPSA) is 99.3 Å². The molecular weight excluding hydrogens is 459 g/mol. The third-order valence-electron chi connectivity index (χ3n) is 5.81. The van der Waals surface area contributed by atoms with Gasteiger partial charge in [-0.25, -0.2) is 4.98 Å². The number of rotatable bonds is 5. The van der Waals surface area contributed by atoms with E-state index in [1.54, 1.807) is 0 Å². The third-order valence-corrected chi connectivity index (χ3v) is 6.09. The molecule has 0 spiro atoms. The zero-order chi connectivity index (χ0) is 23.5. The van der Waals surface area contributed by atoms with Gasteiger partial charge >= 0.3 is 6.18 Å². The van der Waals surface area contributed by atoms with E-state index in [1.807, 2.05) is 25.1 Å². The Kier molecular flexibility index (Phi) is 4.93. The fourth-order valence-electron chi connectivity index (χ4n) is 3.98. The first-order valence-electron chi connectivity index (χ1n) is 10.2. The van der Waals surface area contributed by atoms with Gasteiger partial charge in [0.05, 0.1) is 10.6 Å². The van der Waals surface area contributed by atoms with E-state index in [1.165, 1.54) is 10.6 Å². The lowest BCUT2D eigenvalue weighted by atomic mass is 9.98. The molecule has 1 aliphatic carbocycles. The van der Waals surface area contributed by atoms with E-state index in [9.17, 15) is 18.0 Å². The third kappa shape index (κ3) is 3.84. The number of carbonyl (C=O) groups excluding carboxylic acids is 1. The Balaban J connectivity index is 1.48. The number of nitrogens with two attached hydrogens (primary N) is 1. The van der Waals surface area contributed by atoms with Gasteiger partial charge in [-0.3, -0.25) is 4.79 Å². The van der Waals surface area contributed by atoms with Gasteiger partial charge in [-0.2, -0.15) is 18.2 Å². The normalized spacial score (nSPS) is 18.1. The summed E-state index contributed by atoms with van der Waals surface area (Å²) in [6.45, 7) is 1.99. The van der Waals surface area contributed by atoms with Crippen molar-refractivity contribution in [1.29, 1.82) is 0 Å². The molecule has 2 atom stereocenters. The molecule has 0 radical (unpaired) electrons. The highest BCUT2D eigenvalue weighted by Gasteiger charge is 2.42. The van der Waals surface area contributed by atoms with Crippen LogP contribution in [0.2, 0.25) is 5.02 Å². The number of benzene rings is 1. The Labute approximate surface area is 190 Å². The first-order chi connectivity index (χ1) is 15.7. The standard InChI is InChI=1S/C22H17ClF3N5O2/c1-2-10-5-11(14-7-15(14)18(27)32)3-4-13(10)19-29-21(33-30-19)17-9-31-8-12(22(24,25)26)6-16(23)20(31)28-17/h3-6,8-9,14-15H,2,7H2,1H3,(H2,27,32). The molecule has 3 heterocycles. The van der Waals surface area contributed by atoms with Crippen LogP contribution in [-0.4, -0.2) is 25.4 Å². The largest absolute Gasteiger partial charge is 0.417 e. The van der Waals surface area contributed by atoms with Crippen LogP contribution in [0.5, 0.6) is 0 Å². The number of carbonyl (C=O) groups is 1. The molecule has 33 heavy (non-hydrogen) atoms. The lowest BCUT2D eigenvalue weighted by Crippen LogP contribution is -2.13. The number of hydrogen-bond acceptors (Lipinski definition) is 5. The quantitative estimate of drug-likeness (QED) is 0.443. The summed E-state index contributed by atoms with van der Waals surface area (Å²) < 4.78 is 45.8. The first kappa shape index (κ1) is 21.4.